The van der Waals surface area contributed by atoms with Gasteiger partial charge in [0.25, 0.3) is 0 Å². The summed E-state index contributed by atoms with van der Waals surface area (Å²) in [5.74, 6) is 1.15. The third kappa shape index (κ3) is 4.01. The van der Waals surface area contributed by atoms with Crippen LogP contribution in [0.25, 0.3) is 11.1 Å². The van der Waals surface area contributed by atoms with Crippen LogP contribution in [0.3, 0.4) is 0 Å². The molecule has 2 aliphatic rings. The molecule has 1 saturated heterocycles. The molecule has 0 spiro atoms. The van der Waals surface area contributed by atoms with Crippen LogP contribution in [0.4, 0.5) is 5.82 Å². The first kappa shape index (κ1) is 18.4. The third-order valence-electron chi connectivity index (χ3n) is 5.53. The summed E-state index contributed by atoms with van der Waals surface area (Å²) in [5, 5.41) is 11.4. The van der Waals surface area contributed by atoms with Gasteiger partial charge in [-0.25, -0.2) is 4.98 Å². The minimum absolute atomic E-state index is 0.00374. The van der Waals surface area contributed by atoms with Crippen molar-refractivity contribution in [1.82, 2.24) is 20.1 Å². The van der Waals surface area contributed by atoms with E-state index in [1.807, 2.05) is 12.3 Å². The van der Waals surface area contributed by atoms with Gasteiger partial charge in [0.15, 0.2) is 0 Å². The highest BCUT2D eigenvalue weighted by molar-refractivity contribution is 6.33. The zero-order valence-electron chi connectivity index (χ0n) is 15.9. The second-order valence-corrected chi connectivity index (χ2v) is 8.91. The lowest BCUT2D eigenvalue weighted by Gasteiger charge is -2.14. The Balaban J connectivity index is 1.48. The van der Waals surface area contributed by atoms with Gasteiger partial charge in [0, 0.05) is 36.0 Å². The molecule has 2 aromatic rings. The maximum atomic E-state index is 12.3. The van der Waals surface area contributed by atoms with Crippen LogP contribution < -0.4 is 10.6 Å². The van der Waals surface area contributed by atoms with E-state index in [0.717, 1.165) is 50.0 Å². The van der Waals surface area contributed by atoms with Crippen LogP contribution in [0.1, 0.15) is 38.8 Å². The van der Waals surface area contributed by atoms with Crippen molar-refractivity contribution in [3.05, 3.63) is 29.2 Å². The Bertz CT molecular complexity index is 854. The van der Waals surface area contributed by atoms with Crippen molar-refractivity contribution in [3.63, 3.8) is 0 Å². The quantitative estimate of drug-likeness (QED) is 0.823. The van der Waals surface area contributed by atoms with Crippen LogP contribution >= 0.6 is 11.6 Å². The van der Waals surface area contributed by atoms with Crippen LogP contribution in [0, 0.1) is 11.3 Å². The van der Waals surface area contributed by atoms with Crippen molar-refractivity contribution >= 4 is 23.3 Å². The maximum absolute atomic E-state index is 12.3. The highest BCUT2D eigenvalue weighted by Gasteiger charge is 2.32. The number of pyridine rings is 1. The molecule has 4 heterocycles. The summed E-state index contributed by atoms with van der Waals surface area (Å²) in [6, 6.07) is 1.86. The second kappa shape index (κ2) is 7.24. The number of aromatic nitrogens is 3. The SMILES string of the molecule is CC1(C)Cc2c(-c3cc(NC(=O)CCC4CCNC4)ncc3Cl)cnn2C1. The molecule has 144 valence electrons. The highest BCUT2D eigenvalue weighted by Crippen LogP contribution is 2.39. The number of amides is 1. The fraction of sp³-hybridized carbons (Fsp3) is 0.550. The fourth-order valence-electron chi connectivity index (χ4n) is 4.09. The Morgan fingerprint density at radius 3 is 3.04 bits per heavy atom. The topological polar surface area (TPSA) is 71.8 Å². The molecule has 0 bridgehead atoms. The average molecular weight is 388 g/mol. The first-order valence-corrected chi connectivity index (χ1v) is 10.0. The smallest absolute Gasteiger partial charge is 0.225 e. The molecule has 2 aromatic heterocycles. The molecule has 4 rings (SSSR count). The molecule has 0 aliphatic carbocycles. The summed E-state index contributed by atoms with van der Waals surface area (Å²) in [7, 11) is 0. The predicted molar refractivity (Wildman–Crippen MR) is 107 cm³/mol. The summed E-state index contributed by atoms with van der Waals surface area (Å²) in [5.41, 5.74) is 3.30. The van der Waals surface area contributed by atoms with Gasteiger partial charge in [0.2, 0.25) is 5.91 Å². The van der Waals surface area contributed by atoms with Crippen molar-refractivity contribution in [2.75, 3.05) is 18.4 Å². The Hall–Kier alpha value is -1.92. The number of rotatable bonds is 5. The van der Waals surface area contributed by atoms with E-state index in [4.69, 9.17) is 11.6 Å². The van der Waals surface area contributed by atoms with Crippen LogP contribution in [-0.4, -0.2) is 33.8 Å². The van der Waals surface area contributed by atoms with Crippen molar-refractivity contribution in [2.45, 2.75) is 46.1 Å². The van der Waals surface area contributed by atoms with Crippen LogP contribution in [0.5, 0.6) is 0 Å². The van der Waals surface area contributed by atoms with E-state index in [9.17, 15) is 4.79 Å². The molecular weight excluding hydrogens is 362 g/mol. The lowest BCUT2D eigenvalue weighted by Crippen LogP contribution is -2.15. The van der Waals surface area contributed by atoms with Crippen molar-refractivity contribution in [3.8, 4) is 11.1 Å². The molecule has 0 saturated carbocycles. The van der Waals surface area contributed by atoms with Crippen molar-refractivity contribution < 1.29 is 4.79 Å². The van der Waals surface area contributed by atoms with E-state index < -0.39 is 0 Å². The third-order valence-corrected chi connectivity index (χ3v) is 5.83. The number of fused-ring (bicyclic) bond motifs is 1. The van der Waals surface area contributed by atoms with Crippen LogP contribution in [0.15, 0.2) is 18.5 Å². The van der Waals surface area contributed by atoms with Gasteiger partial charge >= 0.3 is 0 Å². The van der Waals surface area contributed by atoms with Crippen LogP contribution in [-0.2, 0) is 17.8 Å². The van der Waals surface area contributed by atoms with Crippen molar-refractivity contribution in [2.24, 2.45) is 11.3 Å². The largest absolute Gasteiger partial charge is 0.316 e. The van der Waals surface area contributed by atoms with Crippen molar-refractivity contribution in [1.29, 1.82) is 0 Å². The van der Waals surface area contributed by atoms with Gasteiger partial charge in [0.1, 0.15) is 5.82 Å². The van der Waals surface area contributed by atoms with E-state index in [1.165, 1.54) is 5.69 Å². The number of carbonyl (C=O) groups excluding carboxylic acids is 1. The molecule has 1 unspecified atom stereocenters. The molecule has 2 N–H and O–H groups in total. The fourth-order valence-corrected chi connectivity index (χ4v) is 4.29. The minimum atomic E-state index is 0.00374. The summed E-state index contributed by atoms with van der Waals surface area (Å²) in [6.45, 7) is 7.46. The Kier molecular flexibility index (Phi) is 4.95. The van der Waals surface area contributed by atoms with Gasteiger partial charge < -0.3 is 10.6 Å². The monoisotopic (exact) mass is 387 g/mol. The minimum Gasteiger partial charge on any atom is -0.316 e. The lowest BCUT2D eigenvalue weighted by molar-refractivity contribution is -0.116. The predicted octanol–water partition coefficient (Wildman–Crippen LogP) is 3.51. The molecule has 1 atom stereocenters. The number of hydrogen-bond donors (Lipinski definition) is 2. The Morgan fingerprint density at radius 2 is 2.26 bits per heavy atom. The summed E-state index contributed by atoms with van der Waals surface area (Å²) in [4.78, 5) is 16.6. The Labute approximate surface area is 164 Å². The Morgan fingerprint density at radius 1 is 1.41 bits per heavy atom. The van der Waals surface area contributed by atoms with Gasteiger partial charge in [-0.1, -0.05) is 25.4 Å². The number of anilines is 1. The summed E-state index contributed by atoms with van der Waals surface area (Å²) >= 11 is 6.43. The molecule has 2 aliphatic heterocycles. The first-order chi connectivity index (χ1) is 12.9. The summed E-state index contributed by atoms with van der Waals surface area (Å²) in [6.07, 6.45) is 7.01. The maximum Gasteiger partial charge on any atom is 0.225 e. The number of halogens is 1. The van der Waals surface area contributed by atoms with Gasteiger partial charge in [-0.3, -0.25) is 9.48 Å². The molecule has 27 heavy (non-hydrogen) atoms. The second-order valence-electron chi connectivity index (χ2n) is 8.50. The number of carbonyl (C=O) groups is 1. The van der Waals surface area contributed by atoms with Gasteiger partial charge in [-0.15, -0.1) is 0 Å². The number of nitrogens with zero attached hydrogens (tertiary/aromatic N) is 3. The van der Waals surface area contributed by atoms with E-state index in [0.29, 0.717) is 23.2 Å². The van der Waals surface area contributed by atoms with E-state index >= 15 is 0 Å². The molecule has 6 nitrogen and oxygen atoms in total. The molecule has 0 radical (unpaired) electrons. The zero-order valence-corrected chi connectivity index (χ0v) is 16.6. The molecular formula is C20H26ClN5O. The average Bonchev–Trinajstić information content (AvgIpc) is 3.31. The van der Waals surface area contributed by atoms with Gasteiger partial charge in [0.05, 0.1) is 11.2 Å². The number of nitrogens with one attached hydrogen (secondary N) is 2. The van der Waals surface area contributed by atoms with E-state index in [1.54, 1.807) is 6.20 Å². The molecule has 1 fully saturated rings. The molecule has 7 heteroatoms. The van der Waals surface area contributed by atoms with Crippen LogP contribution in [0.2, 0.25) is 5.02 Å². The normalized spacial score (nSPS) is 20.6. The van der Waals surface area contributed by atoms with E-state index in [2.05, 4.69) is 39.2 Å². The highest BCUT2D eigenvalue weighted by atomic mass is 35.5. The zero-order chi connectivity index (χ0) is 19.0. The molecule has 1 amide bonds. The van der Waals surface area contributed by atoms with Gasteiger partial charge in [-0.05, 0) is 49.8 Å². The number of hydrogen-bond acceptors (Lipinski definition) is 4. The first-order valence-electron chi connectivity index (χ1n) is 9.62. The lowest BCUT2D eigenvalue weighted by atomic mass is 9.89. The summed E-state index contributed by atoms with van der Waals surface area (Å²) < 4.78 is 2.06. The van der Waals surface area contributed by atoms with E-state index in [-0.39, 0.29) is 11.3 Å². The molecule has 0 aromatic carbocycles. The van der Waals surface area contributed by atoms with Gasteiger partial charge in [-0.2, -0.15) is 5.10 Å². The standard InChI is InChI=1S/C20H26ClN5O/c1-20(2)8-17-15(10-24-26(17)12-20)14-7-18(23-11-16(14)21)25-19(27)4-3-13-5-6-22-9-13/h7,10-11,13,22H,3-6,8-9,12H2,1-2H3,(H,23,25,27).